The van der Waals surface area contributed by atoms with Gasteiger partial charge in [-0.05, 0) is 48.9 Å². The molecule has 8 heteroatoms. The van der Waals surface area contributed by atoms with Gasteiger partial charge in [-0.15, -0.1) is 0 Å². The summed E-state index contributed by atoms with van der Waals surface area (Å²) in [6.07, 6.45) is 10.8. The molecule has 1 aliphatic rings. The van der Waals surface area contributed by atoms with Crippen molar-refractivity contribution >= 4 is 11.8 Å². The highest BCUT2D eigenvalue weighted by Crippen LogP contribution is 2.31. The number of amides is 2. The van der Waals surface area contributed by atoms with Crippen LogP contribution < -0.4 is 10.7 Å². The standard InChI is InChI=1S/C26H30N4O4/c1-18(2)15-29-16-21(25(32)28-14-20-8-6-12-34-20)24(31)22(17-29)26(33)30-11-4-3-9-23(30)19-7-5-10-27-13-19/h5-8,10,12-13,16-18,23H,3-4,9,11,14-15H2,1-2H3,(H,28,32). The van der Waals surface area contributed by atoms with E-state index in [1.165, 1.54) is 12.5 Å². The summed E-state index contributed by atoms with van der Waals surface area (Å²) in [5.41, 5.74) is 0.359. The van der Waals surface area contributed by atoms with Crippen molar-refractivity contribution in [2.75, 3.05) is 6.54 Å². The van der Waals surface area contributed by atoms with Crippen molar-refractivity contribution in [3.8, 4) is 0 Å². The molecule has 1 saturated heterocycles. The van der Waals surface area contributed by atoms with Crippen LogP contribution in [0.25, 0.3) is 0 Å². The lowest BCUT2D eigenvalue weighted by atomic mass is 9.95. The average molecular weight is 463 g/mol. The van der Waals surface area contributed by atoms with Gasteiger partial charge in [0.15, 0.2) is 0 Å². The molecule has 0 bridgehead atoms. The minimum absolute atomic E-state index is 0.0158. The van der Waals surface area contributed by atoms with E-state index >= 15 is 0 Å². The van der Waals surface area contributed by atoms with E-state index in [1.54, 1.807) is 40.2 Å². The monoisotopic (exact) mass is 462 g/mol. The molecule has 1 unspecified atom stereocenters. The highest BCUT2D eigenvalue weighted by molar-refractivity contribution is 5.99. The fraction of sp³-hybridized carbons (Fsp3) is 0.385. The molecule has 8 nitrogen and oxygen atoms in total. The molecule has 1 N–H and O–H groups in total. The number of carbonyl (C=O) groups is 2. The zero-order valence-electron chi connectivity index (χ0n) is 19.6. The number of aromatic nitrogens is 2. The summed E-state index contributed by atoms with van der Waals surface area (Å²) in [6, 6.07) is 7.13. The number of likely N-dealkylation sites (tertiary alicyclic amines) is 1. The smallest absolute Gasteiger partial charge is 0.259 e. The zero-order chi connectivity index (χ0) is 24.1. The topological polar surface area (TPSA) is 97.4 Å². The molecular formula is C26H30N4O4. The number of carbonyl (C=O) groups excluding carboxylic acids is 2. The number of piperidine rings is 1. The maximum Gasteiger partial charge on any atom is 0.259 e. The Morgan fingerprint density at radius 3 is 2.71 bits per heavy atom. The second-order valence-electron chi connectivity index (χ2n) is 9.06. The van der Waals surface area contributed by atoms with Crippen molar-refractivity contribution in [2.24, 2.45) is 5.92 Å². The molecule has 34 heavy (non-hydrogen) atoms. The summed E-state index contributed by atoms with van der Waals surface area (Å²) in [5.74, 6) is -0.0360. The lowest BCUT2D eigenvalue weighted by Gasteiger charge is -2.36. The third kappa shape index (κ3) is 5.27. The van der Waals surface area contributed by atoms with Gasteiger partial charge in [0.05, 0.1) is 18.8 Å². The van der Waals surface area contributed by atoms with E-state index in [-0.39, 0.29) is 35.5 Å². The van der Waals surface area contributed by atoms with Crippen molar-refractivity contribution in [3.05, 3.63) is 88.0 Å². The lowest BCUT2D eigenvalue weighted by Crippen LogP contribution is -2.42. The Balaban J connectivity index is 1.67. The Morgan fingerprint density at radius 1 is 1.18 bits per heavy atom. The van der Waals surface area contributed by atoms with Gasteiger partial charge in [-0.1, -0.05) is 19.9 Å². The van der Waals surface area contributed by atoms with Crippen LogP contribution in [-0.4, -0.2) is 32.8 Å². The maximum absolute atomic E-state index is 13.7. The molecule has 0 radical (unpaired) electrons. The molecule has 0 aromatic carbocycles. The van der Waals surface area contributed by atoms with Crippen LogP contribution in [0.4, 0.5) is 0 Å². The number of pyridine rings is 2. The van der Waals surface area contributed by atoms with E-state index in [1.807, 2.05) is 26.0 Å². The molecule has 1 atom stereocenters. The van der Waals surface area contributed by atoms with Crippen LogP contribution in [0.2, 0.25) is 0 Å². The first kappa shape index (κ1) is 23.5. The second-order valence-corrected chi connectivity index (χ2v) is 9.06. The highest BCUT2D eigenvalue weighted by atomic mass is 16.3. The number of nitrogens with zero attached hydrogens (tertiary/aromatic N) is 3. The molecule has 1 fully saturated rings. The predicted molar refractivity (Wildman–Crippen MR) is 127 cm³/mol. The molecule has 3 aromatic rings. The van der Waals surface area contributed by atoms with Gasteiger partial charge in [0.1, 0.15) is 16.9 Å². The lowest BCUT2D eigenvalue weighted by molar-refractivity contribution is 0.0608. The number of rotatable bonds is 7. The second kappa shape index (κ2) is 10.5. The Morgan fingerprint density at radius 2 is 2.00 bits per heavy atom. The summed E-state index contributed by atoms with van der Waals surface area (Å²) >= 11 is 0. The number of nitrogens with one attached hydrogen (secondary N) is 1. The Hall–Kier alpha value is -3.68. The predicted octanol–water partition coefficient (Wildman–Crippen LogP) is 3.79. The summed E-state index contributed by atoms with van der Waals surface area (Å²) in [4.78, 5) is 46.0. The normalized spacial score (nSPS) is 16.0. The Kier molecular flexibility index (Phi) is 7.25. The van der Waals surface area contributed by atoms with Crippen molar-refractivity contribution in [2.45, 2.75) is 52.2 Å². The molecule has 0 aliphatic carbocycles. The first-order valence-corrected chi connectivity index (χ1v) is 11.7. The van der Waals surface area contributed by atoms with Crippen LogP contribution in [0.1, 0.15) is 71.2 Å². The van der Waals surface area contributed by atoms with Crippen molar-refractivity contribution in [1.29, 1.82) is 0 Å². The SMILES string of the molecule is CC(C)Cn1cc(C(=O)NCc2ccco2)c(=O)c(C(=O)N2CCCCC2c2cccnc2)c1. The first-order valence-electron chi connectivity index (χ1n) is 11.7. The third-order valence-electron chi connectivity index (χ3n) is 5.97. The van der Waals surface area contributed by atoms with E-state index in [2.05, 4.69) is 10.3 Å². The van der Waals surface area contributed by atoms with Crippen LogP contribution in [0, 0.1) is 5.92 Å². The van der Waals surface area contributed by atoms with Crippen LogP contribution in [-0.2, 0) is 13.1 Å². The van der Waals surface area contributed by atoms with Crippen molar-refractivity contribution in [1.82, 2.24) is 19.8 Å². The first-order chi connectivity index (χ1) is 16.4. The molecule has 3 aromatic heterocycles. The molecule has 0 spiro atoms. The van der Waals surface area contributed by atoms with Gasteiger partial charge in [0, 0.05) is 37.9 Å². The number of hydrogen-bond donors (Lipinski definition) is 1. The van der Waals surface area contributed by atoms with E-state index in [0.29, 0.717) is 18.8 Å². The highest BCUT2D eigenvalue weighted by Gasteiger charge is 2.31. The van der Waals surface area contributed by atoms with Gasteiger partial charge >= 0.3 is 0 Å². The molecule has 2 amide bonds. The van der Waals surface area contributed by atoms with Crippen LogP contribution in [0.3, 0.4) is 0 Å². The van der Waals surface area contributed by atoms with Gasteiger partial charge < -0.3 is 19.2 Å². The van der Waals surface area contributed by atoms with Crippen molar-refractivity contribution in [3.63, 3.8) is 0 Å². The third-order valence-corrected chi connectivity index (χ3v) is 5.97. The molecule has 0 saturated carbocycles. The Bertz CT molecular complexity index is 1190. The molecule has 4 rings (SSSR count). The van der Waals surface area contributed by atoms with E-state index in [9.17, 15) is 14.4 Å². The quantitative estimate of drug-likeness (QED) is 0.576. The minimum Gasteiger partial charge on any atom is -0.467 e. The number of hydrogen-bond acceptors (Lipinski definition) is 5. The van der Waals surface area contributed by atoms with E-state index in [0.717, 1.165) is 24.8 Å². The zero-order valence-corrected chi connectivity index (χ0v) is 19.6. The molecule has 1 aliphatic heterocycles. The van der Waals surface area contributed by atoms with Gasteiger partial charge in [0.2, 0.25) is 5.43 Å². The molecule has 4 heterocycles. The summed E-state index contributed by atoms with van der Waals surface area (Å²) in [7, 11) is 0. The summed E-state index contributed by atoms with van der Waals surface area (Å²) in [6.45, 7) is 5.36. The van der Waals surface area contributed by atoms with Crippen LogP contribution >= 0.6 is 0 Å². The molecule has 178 valence electrons. The van der Waals surface area contributed by atoms with Gasteiger partial charge in [0.25, 0.3) is 11.8 Å². The minimum atomic E-state index is -0.558. The fourth-order valence-electron chi connectivity index (χ4n) is 4.40. The number of furan rings is 1. The summed E-state index contributed by atoms with van der Waals surface area (Å²) < 4.78 is 7.03. The fourth-order valence-corrected chi connectivity index (χ4v) is 4.40. The van der Waals surface area contributed by atoms with Crippen LogP contribution in [0.15, 0.2) is 64.5 Å². The van der Waals surface area contributed by atoms with Gasteiger partial charge in [-0.2, -0.15) is 0 Å². The average Bonchev–Trinajstić information content (AvgIpc) is 3.37. The van der Waals surface area contributed by atoms with E-state index in [4.69, 9.17) is 4.42 Å². The van der Waals surface area contributed by atoms with Crippen molar-refractivity contribution < 1.29 is 14.0 Å². The van der Waals surface area contributed by atoms with Gasteiger partial charge in [-0.25, -0.2) is 0 Å². The largest absolute Gasteiger partial charge is 0.467 e. The molecular weight excluding hydrogens is 432 g/mol. The Labute approximate surface area is 198 Å². The van der Waals surface area contributed by atoms with E-state index < -0.39 is 11.3 Å². The maximum atomic E-state index is 13.7. The van der Waals surface area contributed by atoms with Gasteiger partial charge in [-0.3, -0.25) is 19.4 Å². The van der Waals surface area contributed by atoms with Crippen LogP contribution in [0.5, 0.6) is 0 Å². The summed E-state index contributed by atoms with van der Waals surface area (Å²) in [5, 5.41) is 2.72.